The van der Waals surface area contributed by atoms with Gasteiger partial charge in [-0.2, -0.15) is 0 Å². The fraction of sp³-hybridized carbons (Fsp3) is 0.960. The molecule has 1 N–H and O–H groups in total. The smallest absolute Gasteiger partial charge is 0.329 e. The Bertz CT molecular complexity index is 472. The van der Waals surface area contributed by atoms with Gasteiger partial charge >= 0.3 is 5.97 Å². The van der Waals surface area contributed by atoms with Crippen molar-refractivity contribution < 1.29 is 66.7 Å². The monoisotopic (exact) mass is 574 g/mol. The van der Waals surface area contributed by atoms with E-state index in [0.717, 1.165) is 0 Å². The maximum absolute atomic E-state index is 10.2. The van der Waals surface area contributed by atoms with Crippen molar-refractivity contribution in [2.75, 3.05) is 159 Å². The van der Waals surface area contributed by atoms with Crippen LogP contribution in [-0.4, -0.2) is 170 Å². The fourth-order valence-electron chi connectivity index (χ4n) is 2.50. The Morgan fingerprint density at radius 3 is 0.718 bits per heavy atom. The maximum atomic E-state index is 10.2. The summed E-state index contributed by atoms with van der Waals surface area (Å²) in [6, 6.07) is 0. The van der Waals surface area contributed by atoms with Gasteiger partial charge < -0.3 is 61.9 Å². The van der Waals surface area contributed by atoms with E-state index in [1.807, 2.05) is 0 Å². The minimum absolute atomic E-state index is 0.243. The van der Waals surface area contributed by atoms with Crippen LogP contribution in [0.15, 0.2) is 0 Å². The molecule has 0 radical (unpaired) electrons. The van der Waals surface area contributed by atoms with E-state index in [2.05, 4.69) is 0 Å². The molecule has 0 saturated heterocycles. The van der Waals surface area contributed by atoms with Gasteiger partial charge in [0.2, 0.25) is 0 Å². The Morgan fingerprint density at radius 2 is 0.538 bits per heavy atom. The SMILES string of the molecule is COCCOCCOCCOCCOCCOCCOCCOCCOCCOCCOCCOCC(=O)O. The van der Waals surface area contributed by atoms with Gasteiger partial charge in [0.15, 0.2) is 0 Å². The highest BCUT2D eigenvalue weighted by molar-refractivity contribution is 5.67. The van der Waals surface area contributed by atoms with E-state index < -0.39 is 5.97 Å². The van der Waals surface area contributed by atoms with Crippen molar-refractivity contribution >= 4 is 5.97 Å². The van der Waals surface area contributed by atoms with Gasteiger partial charge in [0.05, 0.1) is 145 Å². The van der Waals surface area contributed by atoms with E-state index in [4.69, 9.17) is 61.9 Å². The summed E-state index contributed by atoms with van der Waals surface area (Å²) >= 11 is 0. The first-order valence-electron chi connectivity index (χ1n) is 13.3. The van der Waals surface area contributed by atoms with Crippen molar-refractivity contribution in [2.24, 2.45) is 0 Å². The number of hydrogen-bond acceptors (Lipinski definition) is 13. The first-order chi connectivity index (χ1) is 19.3. The van der Waals surface area contributed by atoms with Crippen LogP contribution in [0.2, 0.25) is 0 Å². The van der Waals surface area contributed by atoms with Crippen LogP contribution >= 0.6 is 0 Å². The summed E-state index contributed by atoms with van der Waals surface area (Å²) in [7, 11) is 1.64. The topological polar surface area (TPSA) is 148 Å². The molecule has 14 heteroatoms. The Hall–Kier alpha value is -1.01. The Balaban J connectivity index is 3.02. The van der Waals surface area contributed by atoms with Crippen LogP contribution in [0.4, 0.5) is 0 Å². The molecule has 0 bridgehead atoms. The first kappa shape index (κ1) is 38.0. The van der Waals surface area contributed by atoms with Crippen molar-refractivity contribution in [3.05, 3.63) is 0 Å². The molecule has 0 fully saturated rings. The Morgan fingerprint density at radius 1 is 0.359 bits per heavy atom. The molecule has 0 spiro atoms. The standard InChI is InChI=1S/C25H50O14/c1-28-2-3-29-4-5-30-6-7-31-8-9-32-10-11-33-12-13-34-14-15-35-16-17-36-18-19-37-20-21-38-22-23-39-24-25(26)27/h2-24H2,1H3,(H,26,27). The van der Waals surface area contributed by atoms with Gasteiger partial charge in [-0.3, -0.25) is 0 Å². The Labute approximate surface area is 232 Å². The molecule has 0 aromatic rings. The van der Waals surface area contributed by atoms with Gasteiger partial charge in [-0.15, -0.1) is 0 Å². The minimum atomic E-state index is -0.995. The molecule has 0 heterocycles. The summed E-state index contributed by atoms with van der Waals surface area (Å²) in [4.78, 5) is 10.2. The second-order valence-electron chi connectivity index (χ2n) is 7.56. The molecule has 0 rings (SSSR count). The molecule has 0 saturated carbocycles. The molecule has 0 aromatic heterocycles. The van der Waals surface area contributed by atoms with E-state index >= 15 is 0 Å². The maximum Gasteiger partial charge on any atom is 0.329 e. The highest BCUT2D eigenvalue weighted by atomic mass is 16.6. The highest BCUT2D eigenvalue weighted by Crippen LogP contribution is 1.87. The fourth-order valence-corrected chi connectivity index (χ4v) is 2.50. The summed E-state index contributed by atoms with van der Waals surface area (Å²) in [5, 5.41) is 8.41. The van der Waals surface area contributed by atoms with E-state index in [1.165, 1.54) is 0 Å². The molecule has 0 aliphatic heterocycles. The first-order valence-corrected chi connectivity index (χ1v) is 13.3. The zero-order valence-electron chi connectivity index (χ0n) is 23.5. The van der Waals surface area contributed by atoms with Crippen molar-refractivity contribution in [2.45, 2.75) is 0 Å². The number of methoxy groups -OCH3 is 1. The zero-order chi connectivity index (χ0) is 28.3. The molecule has 0 aromatic carbocycles. The summed E-state index contributed by atoms with van der Waals surface area (Å²) in [5.74, 6) is -0.995. The average molecular weight is 575 g/mol. The molecule has 0 unspecified atom stereocenters. The van der Waals surface area contributed by atoms with Crippen LogP contribution in [0.25, 0.3) is 0 Å². The van der Waals surface area contributed by atoms with E-state index in [-0.39, 0.29) is 13.2 Å². The third-order valence-electron chi connectivity index (χ3n) is 4.38. The predicted octanol–water partition coefficient (Wildman–Crippen LogP) is -0.1000. The van der Waals surface area contributed by atoms with E-state index in [9.17, 15) is 4.79 Å². The summed E-state index contributed by atoms with van der Waals surface area (Å²) in [5.41, 5.74) is 0. The number of carboxylic acid groups (broad SMARTS) is 1. The molecule has 0 atom stereocenters. The second-order valence-corrected chi connectivity index (χ2v) is 7.56. The number of ether oxygens (including phenoxy) is 12. The molecule has 234 valence electrons. The van der Waals surface area contributed by atoms with Crippen LogP contribution < -0.4 is 0 Å². The number of carbonyl (C=O) groups is 1. The molecule has 0 aliphatic rings. The van der Waals surface area contributed by atoms with Crippen LogP contribution in [0.3, 0.4) is 0 Å². The van der Waals surface area contributed by atoms with Crippen LogP contribution in [0, 0.1) is 0 Å². The number of hydrogen-bond donors (Lipinski definition) is 1. The molecule has 0 amide bonds. The summed E-state index contributed by atoms with van der Waals surface area (Å²) < 4.78 is 63.5. The average Bonchev–Trinajstić information content (AvgIpc) is 2.93. The molecular formula is C25H50O14. The Kier molecular flexibility index (Phi) is 34.1. The van der Waals surface area contributed by atoms with Gasteiger partial charge in [0.1, 0.15) is 6.61 Å². The quantitative estimate of drug-likeness (QED) is 0.100. The van der Waals surface area contributed by atoms with Crippen molar-refractivity contribution in [1.29, 1.82) is 0 Å². The molecular weight excluding hydrogens is 524 g/mol. The summed E-state index contributed by atoms with van der Waals surface area (Å²) in [6.07, 6.45) is 0. The number of aliphatic carboxylic acids is 1. The van der Waals surface area contributed by atoms with Gasteiger partial charge in [0, 0.05) is 7.11 Å². The third-order valence-corrected chi connectivity index (χ3v) is 4.38. The van der Waals surface area contributed by atoms with Gasteiger partial charge in [-0.1, -0.05) is 0 Å². The normalized spacial score (nSPS) is 11.4. The molecule has 0 aliphatic carbocycles. The molecule has 39 heavy (non-hydrogen) atoms. The molecule has 14 nitrogen and oxygen atoms in total. The third kappa shape index (κ3) is 37.0. The predicted molar refractivity (Wildman–Crippen MR) is 139 cm³/mol. The lowest BCUT2D eigenvalue weighted by Crippen LogP contribution is -2.15. The van der Waals surface area contributed by atoms with Crippen molar-refractivity contribution in [3.8, 4) is 0 Å². The number of rotatable bonds is 35. The largest absolute Gasteiger partial charge is 0.480 e. The second kappa shape index (κ2) is 35.0. The van der Waals surface area contributed by atoms with Crippen molar-refractivity contribution in [1.82, 2.24) is 0 Å². The number of carboxylic acids is 1. The van der Waals surface area contributed by atoms with Gasteiger partial charge in [0.25, 0.3) is 0 Å². The van der Waals surface area contributed by atoms with Gasteiger partial charge in [-0.05, 0) is 0 Å². The minimum Gasteiger partial charge on any atom is -0.480 e. The van der Waals surface area contributed by atoms with Crippen LogP contribution in [0.1, 0.15) is 0 Å². The summed E-state index contributed by atoms with van der Waals surface area (Å²) in [6.45, 7) is 10.3. The highest BCUT2D eigenvalue weighted by Gasteiger charge is 1.97. The van der Waals surface area contributed by atoms with Crippen molar-refractivity contribution in [3.63, 3.8) is 0 Å². The van der Waals surface area contributed by atoms with Crippen LogP contribution in [-0.2, 0) is 61.6 Å². The lowest BCUT2D eigenvalue weighted by atomic mass is 10.6. The lowest BCUT2D eigenvalue weighted by molar-refractivity contribution is -0.142. The van der Waals surface area contributed by atoms with E-state index in [0.29, 0.717) is 139 Å². The van der Waals surface area contributed by atoms with Crippen LogP contribution in [0.5, 0.6) is 0 Å². The van der Waals surface area contributed by atoms with E-state index in [1.54, 1.807) is 7.11 Å². The zero-order valence-corrected chi connectivity index (χ0v) is 23.5. The van der Waals surface area contributed by atoms with Gasteiger partial charge in [-0.25, -0.2) is 4.79 Å². The lowest BCUT2D eigenvalue weighted by Gasteiger charge is -2.09.